The molecule has 1 aromatic carbocycles. The number of hydrazine groups is 1. The van der Waals surface area contributed by atoms with Crippen molar-refractivity contribution in [3.05, 3.63) is 24.3 Å². The molecule has 0 atom stereocenters. The van der Waals surface area contributed by atoms with E-state index < -0.39 is 0 Å². The van der Waals surface area contributed by atoms with Gasteiger partial charge in [0.05, 0.1) is 17.8 Å². The maximum Gasteiger partial charge on any atom is 0.150 e. The Bertz CT molecular complexity index is 597. The van der Waals surface area contributed by atoms with Crippen LogP contribution in [-0.2, 0) is 4.84 Å². The second-order valence-electron chi connectivity index (χ2n) is 5.59. The molecule has 5 nitrogen and oxygen atoms in total. The molecule has 0 unspecified atom stereocenters. The van der Waals surface area contributed by atoms with Crippen LogP contribution in [0.1, 0.15) is 25.7 Å². The van der Waals surface area contributed by atoms with Crippen molar-refractivity contribution in [1.82, 2.24) is 10.4 Å². The first-order chi connectivity index (χ1) is 9.90. The van der Waals surface area contributed by atoms with Crippen LogP contribution < -0.4 is 15.9 Å². The standard InChI is InChI=1S/C15H20N4O/c1-2-6-12(5-1)17-13-7-3-4-11-10-14(18-15(11)13)19-16-8-9-20-19/h3-4,7,10,12,16-18H,1-2,5-6,8-9H2. The maximum atomic E-state index is 5.51. The summed E-state index contributed by atoms with van der Waals surface area (Å²) in [6.07, 6.45) is 5.24. The Balaban J connectivity index is 1.66. The van der Waals surface area contributed by atoms with E-state index in [0.29, 0.717) is 12.6 Å². The zero-order valence-corrected chi connectivity index (χ0v) is 11.5. The number of hydrogen-bond acceptors (Lipinski definition) is 4. The summed E-state index contributed by atoms with van der Waals surface area (Å²) in [6.45, 7) is 1.56. The number of fused-ring (bicyclic) bond motifs is 1. The summed E-state index contributed by atoms with van der Waals surface area (Å²) < 4.78 is 0. The molecule has 0 spiro atoms. The summed E-state index contributed by atoms with van der Waals surface area (Å²) in [6, 6.07) is 9.13. The number of aromatic nitrogens is 1. The van der Waals surface area contributed by atoms with Crippen molar-refractivity contribution in [2.45, 2.75) is 31.7 Å². The molecule has 0 radical (unpaired) electrons. The zero-order valence-electron chi connectivity index (χ0n) is 11.5. The van der Waals surface area contributed by atoms with Crippen molar-refractivity contribution in [2.24, 2.45) is 0 Å². The summed E-state index contributed by atoms with van der Waals surface area (Å²) in [7, 11) is 0. The van der Waals surface area contributed by atoms with E-state index in [1.165, 1.54) is 36.8 Å². The first-order valence-electron chi connectivity index (χ1n) is 7.45. The predicted octanol–water partition coefficient (Wildman–Crippen LogP) is 2.78. The number of benzene rings is 1. The second-order valence-corrected chi connectivity index (χ2v) is 5.59. The molecule has 1 aliphatic heterocycles. The van der Waals surface area contributed by atoms with Crippen LogP contribution in [-0.4, -0.2) is 24.2 Å². The van der Waals surface area contributed by atoms with Gasteiger partial charge in [0.15, 0.2) is 0 Å². The van der Waals surface area contributed by atoms with Crippen LogP contribution in [0.25, 0.3) is 10.9 Å². The van der Waals surface area contributed by atoms with E-state index in [1.807, 2.05) is 0 Å². The third-order valence-electron chi connectivity index (χ3n) is 4.15. The monoisotopic (exact) mass is 272 g/mol. The number of nitrogens with zero attached hydrogens (tertiary/aromatic N) is 1. The van der Waals surface area contributed by atoms with E-state index >= 15 is 0 Å². The third kappa shape index (κ3) is 2.13. The van der Waals surface area contributed by atoms with E-state index in [2.05, 4.69) is 40.0 Å². The molecule has 2 fully saturated rings. The Kier molecular flexibility index (Phi) is 3.01. The van der Waals surface area contributed by atoms with E-state index in [9.17, 15) is 0 Å². The van der Waals surface area contributed by atoms with E-state index in [0.717, 1.165) is 17.9 Å². The average Bonchev–Trinajstić information content (AvgIpc) is 3.20. The van der Waals surface area contributed by atoms with Crippen molar-refractivity contribution in [3.8, 4) is 0 Å². The van der Waals surface area contributed by atoms with Crippen LogP contribution in [0.2, 0.25) is 0 Å². The fourth-order valence-electron chi connectivity index (χ4n) is 3.15. The highest BCUT2D eigenvalue weighted by molar-refractivity contribution is 5.93. The van der Waals surface area contributed by atoms with Gasteiger partial charge >= 0.3 is 0 Å². The minimum Gasteiger partial charge on any atom is -0.381 e. The minimum absolute atomic E-state index is 0.619. The fourth-order valence-corrected chi connectivity index (χ4v) is 3.15. The molecule has 1 aliphatic carbocycles. The van der Waals surface area contributed by atoms with Gasteiger partial charge in [-0.3, -0.25) is 4.84 Å². The summed E-state index contributed by atoms with van der Waals surface area (Å²) >= 11 is 0. The predicted molar refractivity (Wildman–Crippen MR) is 80.6 cm³/mol. The van der Waals surface area contributed by atoms with Crippen molar-refractivity contribution in [1.29, 1.82) is 0 Å². The van der Waals surface area contributed by atoms with Gasteiger partial charge in [0.1, 0.15) is 5.82 Å². The number of H-pyrrole nitrogens is 1. The first-order valence-corrected chi connectivity index (χ1v) is 7.45. The van der Waals surface area contributed by atoms with Crippen molar-refractivity contribution >= 4 is 22.4 Å². The number of rotatable bonds is 3. The number of aromatic amines is 1. The van der Waals surface area contributed by atoms with E-state index in [-0.39, 0.29) is 0 Å². The SMILES string of the molecule is c1cc(NC2CCCC2)c2[nH]c(N3NCCO3)cc2c1. The molecule has 0 amide bonds. The van der Waals surface area contributed by atoms with Gasteiger partial charge in [0.25, 0.3) is 0 Å². The number of hydrogen-bond donors (Lipinski definition) is 3. The van der Waals surface area contributed by atoms with E-state index in [1.54, 1.807) is 5.17 Å². The highest BCUT2D eigenvalue weighted by Crippen LogP contribution is 2.30. The molecule has 20 heavy (non-hydrogen) atoms. The molecule has 1 saturated carbocycles. The molecule has 2 aliphatic rings. The van der Waals surface area contributed by atoms with Gasteiger partial charge in [0, 0.05) is 18.0 Å². The van der Waals surface area contributed by atoms with Gasteiger partial charge in [-0.25, -0.2) is 5.43 Å². The van der Waals surface area contributed by atoms with Crippen LogP contribution in [0, 0.1) is 0 Å². The lowest BCUT2D eigenvalue weighted by Crippen LogP contribution is -2.29. The normalized spacial score (nSPS) is 20.1. The van der Waals surface area contributed by atoms with Crippen molar-refractivity contribution in [2.75, 3.05) is 23.6 Å². The van der Waals surface area contributed by atoms with Crippen LogP contribution in [0.3, 0.4) is 0 Å². The molecule has 4 rings (SSSR count). The van der Waals surface area contributed by atoms with Crippen LogP contribution in [0.4, 0.5) is 11.5 Å². The average molecular weight is 272 g/mol. The van der Waals surface area contributed by atoms with Crippen molar-refractivity contribution < 1.29 is 4.84 Å². The molecule has 3 N–H and O–H groups in total. The number of anilines is 2. The summed E-state index contributed by atoms with van der Waals surface area (Å²) in [5.41, 5.74) is 5.54. The lowest BCUT2D eigenvalue weighted by molar-refractivity contribution is 0.156. The van der Waals surface area contributed by atoms with Crippen LogP contribution in [0.15, 0.2) is 24.3 Å². The topological polar surface area (TPSA) is 52.3 Å². The van der Waals surface area contributed by atoms with Gasteiger partial charge in [-0.2, -0.15) is 5.17 Å². The second kappa shape index (κ2) is 5.00. The minimum atomic E-state index is 0.619. The molecule has 5 heteroatoms. The number of nitrogens with one attached hydrogen (secondary N) is 3. The third-order valence-corrected chi connectivity index (χ3v) is 4.15. The largest absolute Gasteiger partial charge is 0.381 e. The lowest BCUT2D eigenvalue weighted by atomic mass is 10.2. The Hall–Kier alpha value is -1.72. The molecular formula is C15H20N4O. The van der Waals surface area contributed by atoms with E-state index in [4.69, 9.17) is 4.84 Å². The maximum absolute atomic E-state index is 5.51. The smallest absolute Gasteiger partial charge is 0.150 e. The quantitative estimate of drug-likeness (QED) is 0.804. The van der Waals surface area contributed by atoms with Gasteiger partial charge in [-0.15, -0.1) is 0 Å². The zero-order chi connectivity index (χ0) is 13.4. The van der Waals surface area contributed by atoms with Gasteiger partial charge in [-0.1, -0.05) is 25.0 Å². The Morgan fingerprint density at radius 3 is 2.95 bits per heavy atom. The Labute approximate surface area is 118 Å². The molecule has 106 valence electrons. The lowest BCUT2D eigenvalue weighted by Gasteiger charge is -2.15. The summed E-state index contributed by atoms with van der Waals surface area (Å²) in [5.74, 6) is 0.957. The van der Waals surface area contributed by atoms with Gasteiger partial charge in [0.2, 0.25) is 0 Å². The van der Waals surface area contributed by atoms with Crippen LogP contribution in [0.5, 0.6) is 0 Å². The van der Waals surface area contributed by atoms with Gasteiger partial charge in [-0.05, 0) is 25.0 Å². The molecule has 1 aromatic heterocycles. The highest BCUT2D eigenvalue weighted by Gasteiger charge is 2.18. The Morgan fingerprint density at radius 2 is 2.15 bits per heavy atom. The summed E-state index contributed by atoms with van der Waals surface area (Å²) in [4.78, 5) is 8.97. The molecular weight excluding hydrogens is 252 g/mol. The summed E-state index contributed by atoms with van der Waals surface area (Å²) in [5, 5.41) is 6.61. The van der Waals surface area contributed by atoms with Gasteiger partial charge < -0.3 is 10.3 Å². The fraction of sp³-hybridized carbons (Fsp3) is 0.467. The van der Waals surface area contributed by atoms with Crippen molar-refractivity contribution in [3.63, 3.8) is 0 Å². The molecule has 0 bridgehead atoms. The Morgan fingerprint density at radius 1 is 1.25 bits per heavy atom. The van der Waals surface area contributed by atoms with Crippen LogP contribution >= 0.6 is 0 Å². The molecule has 2 heterocycles. The number of para-hydroxylation sites is 1. The highest BCUT2D eigenvalue weighted by atomic mass is 16.7. The first kappa shape index (κ1) is 12.1. The molecule has 1 saturated heterocycles. The molecule has 2 aromatic rings.